The van der Waals surface area contributed by atoms with Gasteiger partial charge in [0.2, 0.25) is 5.91 Å². The third-order valence-corrected chi connectivity index (χ3v) is 3.24. The molecule has 0 aliphatic carbocycles. The molecule has 15 heavy (non-hydrogen) atoms. The lowest BCUT2D eigenvalue weighted by atomic mass is 10.2. The van der Waals surface area contributed by atoms with Gasteiger partial charge in [-0.1, -0.05) is 0 Å². The molecule has 0 N–H and O–H groups in total. The number of amides is 1. The first kappa shape index (κ1) is 10.9. The van der Waals surface area contributed by atoms with Gasteiger partial charge in [-0.2, -0.15) is 0 Å². The summed E-state index contributed by atoms with van der Waals surface area (Å²) in [5.74, 6) is 0.241. The standard InChI is InChI=1S/C11H20N2O2/c1-12-5-3-6-13(9-11(12)14)8-10-4-2-7-15-10/h10H,2-9H2,1H3. The Morgan fingerprint density at radius 1 is 1.40 bits per heavy atom. The zero-order valence-electron chi connectivity index (χ0n) is 9.45. The molecule has 4 nitrogen and oxygen atoms in total. The number of hydrogen-bond acceptors (Lipinski definition) is 3. The Hall–Kier alpha value is -0.610. The van der Waals surface area contributed by atoms with E-state index in [0.29, 0.717) is 12.6 Å². The second-order valence-corrected chi connectivity index (χ2v) is 4.54. The smallest absolute Gasteiger partial charge is 0.236 e. The Morgan fingerprint density at radius 2 is 2.27 bits per heavy atom. The van der Waals surface area contributed by atoms with Gasteiger partial charge in [0, 0.05) is 33.3 Å². The van der Waals surface area contributed by atoms with Gasteiger partial charge in [-0.05, 0) is 19.3 Å². The van der Waals surface area contributed by atoms with Crippen LogP contribution < -0.4 is 0 Å². The molecule has 2 aliphatic rings. The van der Waals surface area contributed by atoms with Crippen molar-refractivity contribution in [2.24, 2.45) is 0 Å². The third-order valence-electron chi connectivity index (χ3n) is 3.24. The molecule has 1 amide bonds. The van der Waals surface area contributed by atoms with Gasteiger partial charge in [-0.3, -0.25) is 9.69 Å². The van der Waals surface area contributed by atoms with Crippen molar-refractivity contribution in [2.75, 3.05) is 39.8 Å². The highest BCUT2D eigenvalue weighted by Crippen LogP contribution is 2.14. The number of rotatable bonds is 2. The average molecular weight is 212 g/mol. The van der Waals surface area contributed by atoms with Crippen molar-refractivity contribution < 1.29 is 9.53 Å². The van der Waals surface area contributed by atoms with Gasteiger partial charge in [-0.15, -0.1) is 0 Å². The summed E-state index contributed by atoms with van der Waals surface area (Å²) in [4.78, 5) is 15.7. The number of carbonyl (C=O) groups is 1. The number of carbonyl (C=O) groups excluding carboxylic acids is 1. The molecule has 0 aromatic rings. The summed E-state index contributed by atoms with van der Waals surface area (Å²) in [6, 6.07) is 0. The van der Waals surface area contributed by atoms with E-state index >= 15 is 0 Å². The summed E-state index contributed by atoms with van der Waals surface area (Å²) >= 11 is 0. The largest absolute Gasteiger partial charge is 0.377 e. The lowest BCUT2D eigenvalue weighted by Gasteiger charge is -2.22. The number of nitrogens with zero attached hydrogens (tertiary/aromatic N) is 2. The Bertz CT molecular complexity index is 227. The van der Waals surface area contributed by atoms with Crippen LogP contribution in [-0.4, -0.2) is 61.6 Å². The molecule has 2 rings (SSSR count). The van der Waals surface area contributed by atoms with E-state index in [2.05, 4.69) is 4.90 Å². The number of hydrogen-bond donors (Lipinski definition) is 0. The minimum Gasteiger partial charge on any atom is -0.377 e. The zero-order valence-corrected chi connectivity index (χ0v) is 9.45. The molecule has 2 saturated heterocycles. The van der Waals surface area contributed by atoms with Crippen LogP contribution in [0.1, 0.15) is 19.3 Å². The first-order chi connectivity index (χ1) is 7.25. The van der Waals surface area contributed by atoms with Crippen molar-refractivity contribution >= 4 is 5.91 Å². The maximum absolute atomic E-state index is 11.6. The third kappa shape index (κ3) is 2.92. The second kappa shape index (κ2) is 4.94. The quantitative estimate of drug-likeness (QED) is 0.661. The molecule has 0 bridgehead atoms. The normalized spacial score (nSPS) is 29.5. The lowest BCUT2D eigenvalue weighted by molar-refractivity contribution is -0.130. The van der Waals surface area contributed by atoms with Crippen LogP contribution in [0.3, 0.4) is 0 Å². The van der Waals surface area contributed by atoms with Crippen molar-refractivity contribution in [3.05, 3.63) is 0 Å². The van der Waals surface area contributed by atoms with Gasteiger partial charge in [-0.25, -0.2) is 0 Å². The predicted molar refractivity (Wildman–Crippen MR) is 57.7 cm³/mol. The molecule has 0 aromatic heterocycles. The van der Waals surface area contributed by atoms with Crippen molar-refractivity contribution in [3.8, 4) is 0 Å². The highest BCUT2D eigenvalue weighted by molar-refractivity contribution is 5.78. The highest BCUT2D eigenvalue weighted by Gasteiger charge is 2.23. The Balaban J connectivity index is 1.83. The Kier molecular flexibility index (Phi) is 3.59. The molecule has 2 aliphatic heterocycles. The Morgan fingerprint density at radius 3 is 3.00 bits per heavy atom. The summed E-state index contributed by atoms with van der Waals surface area (Å²) in [6.07, 6.45) is 3.77. The molecular formula is C11H20N2O2. The van der Waals surface area contributed by atoms with E-state index < -0.39 is 0 Å². The number of ether oxygens (including phenoxy) is 1. The van der Waals surface area contributed by atoms with Crippen LogP contribution in [0.4, 0.5) is 0 Å². The minimum atomic E-state index is 0.241. The summed E-state index contributed by atoms with van der Waals surface area (Å²) in [5, 5.41) is 0. The van der Waals surface area contributed by atoms with Crippen LogP contribution in [0.5, 0.6) is 0 Å². The van der Waals surface area contributed by atoms with Crippen LogP contribution in [0, 0.1) is 0 Å². The molecule has 4 heteroatoms. The molecule has 1 unspecified atom stereocenters. The lowest BCUT2D eigenvalue weighted by Crippen LogP contribution is -2.38. The van der Waals surface area contributed by atoms with Gasteiger partial charge in [0.05, 0.1) is 12.6 Å². The van der Waals surface area contributed by atoms with Gasteiger partial charge in [0.25, 0.3) is 0 Å². The fourth-order valence-corrected chi connectivity index (χ4v) is 2.28. The van der Waals surface area contributed by atoms with E-state index in [-0.39, 0.29) is 5.91 Å². The fraction of sp³-hybridized carbons (Fsp3) is 0.909. The summed E-state index contributed by atoms with van der Waals surface area (Å²) in [7, 11) is 1.89. The number of likely N-dealkylation sites (N-methyl/N-ethyl adjacent to an activating group) is 1. The molecular weight excluding hydrogens is 192 g/mol. The predicted octanol–water partition coefficient (Wildman–Crippen LogP) is 0.329. The highest BCUT2D eigenvalue weighted by atomic mass is 16.5. The van der Waals surface area contributed by atoms with Crippen LogP contribution in [0.15, 0.2) is 0 Å². The molecule has 0 saturated carbocycles. The first-order valence-corrected chi connectivity index (χ1v) is 5.83. The van der Waals surface area contributed by atoms with E-state index in [1.54, 1.807) is 0 Å². The fourth-order valence-electron chi connectivity index (χ4n) is 2.28. The topological polar surface area (TPSA) is 32.8 Å². The molecule has 2 heterocycles. The molecule has 86 valence electrons. The van der Waals surface area contributed by atoms with E-state index in [4.69, 9.17) is 4.74 Å². The average Bonchev–Trinajstić information content (AvgIpc) is 2.64. The Labute approximate surface area is 91.2 Å². The van der Waals surface area contributed by atoms with Gasteiger partial charge in [0.1, 0.15) is 0 Å². The minimum absolute atomic E-state index is 0.241. The first-order valence-electron chi connectivity index (χ1n) is 5.83. The van der Waals surface area contributed by atoms with Crippen molar-refractivity contribution in [2.45, 2.75) is 25.4 Å². The summed E-state index contributed by atoms with van der Waals surface area (Å²) in [5.41, 5.74) is 0. The van der Waals surface area contributed by atoms with E-state index in [0.717, 1.165) is 39.1 Å². The van der Waals surface area contributed by atoms with Crippen molar-refractivity contribution in [1.82, 2.24) is 9.80 Å². The maximum atomic E-state index is 11.6. The molecule has 1 atom stereocenters. The monoisotopic (exact) mass is 212 g/mol. The van der Waals surface area contributed by atoms with Gasteiger partial charge < -0.3 is 9.64 Å². The van der Waals surface area contributed by atoms with E-state index in [1.165, 1.54) is 6.42 Å². The SMILES string of the molecule is CN1CCCN(CC2CCCO2)CC1=O. The maximum Gasteiger partial charge on any atom is 0.236 e. The summed E-state index contributed by atoms with van der Waals surface area (Å²) < 4.78 is 5.59. The molecule has 2 fully saturated rings. The van der Waals surface area contributed by atoms with Crippen LogP contribution in [0.2, 0.25) is 0 Å². The summed E-state index contributed by atoms with van der Waals surface area (Å²) in [6.45, 7) is 4.30. The molecule has 0 radical (unpaired) electrons. The van der Waals surface area contributed by atoms with Crippen LogP contribution >= 0.6 is 0 Å². The van der Waals surface area contributed by atoms with Crippen LogP contribution in [-0.2, 0) is 9.53 Å². The van der Waals surface area contributed by atoms with Gasteiger partial charge >= 0.3 is 0 Å². The second-order valence-electron chi connectivity index (χ2n) is 4.54. The van der Waals surface area contributed by atoms with Crippen molar-refractivity contribution in [3.63, 3.8) is 0 Å². The molecule has 0 aromatic carbocycles. The van der Waals surface area contributed by atoms with Gasteiger partial charge in [0.15, 0.2) is 0 Å². The zero-order chi connectivity index (χ0) is 10.7. The van der Waals surface area contributed by atoms with Crippen LogP contribution in [0.25, 0.3) is 0 Å². The van der Waals surface area contributed by atoms with Crippen molar-refractivity contribution in [1.29, 1.82) is 0 Å². The molecule has 0 spiro atoms. The van der Waals surface area contributed by atoms with E-state index in [9.17, 15) is 4.79 Å². The van der Waals surface area contributed by atoms with E-state index in [1.807, 2.05) is 11.9 Å².